The molecule has 0 aliphatic heterocycles. The van der Waals surface area contributed by atoms with Crippen molar-refractivity contribution >= 4 is 28.4 Å². The molecule has 0 amide bonds. The molecule has 0 radical (unpaired) electrons. The fourth-order valence-electron chi connectivity index (χ4n) is 2.14. The first-order chi connectivity index (χ1) is 8.91. The number of nitrogens with zero attached hydrogens (tertiary/aromatic N) is 2. The minimum Gasteiger partial charge on any atom is -0.383 e. The molecule has 0 aliphatic rings. The number of anilines is 1. The van der Waals surface area contributed by atoms with Gasteiger partial charge in [0.05, 0.1) is 9.26 Å². The highest BCUT2D eigenvalue weighted by Crippen LogP contribution is 2.29. The Morgan fingerprint density at radius 3 is 2.21 bits per heavy atom. The third-order valence-corrected chi connectivity index (χ3v) is 4.26. The molecule has 2 aromatic rings. The zero-order valence-electron chi connectivity index (χ0n) is 11.7. The van der Waals surface area contributed by atoms with Gasteiger partial charge in [0.25, 0.3) is 0 Å². The minimum absolute atomic E-state index is 0.334. The first-order valence-electron chi connectivity index (χ1n) is 6.31. The SMILES string of the molecule is Cc1cccc(C)c1-c1nc(N)c(I)c(C(C)C)n1. The van der Waals surface area contributed by atoms with Crippen molar-refractivity contribution in [1.82, 2.24) is 9.97 Å². The normalized spacial score (nSPS) is 11.1. The molecule has 4 heteroatoms. The highest BCUT2D eigenvalue weighted by atomic mass is 127. The van der Waals surface area contributed by atoms with Crippen LogP contribution in [0.2, 0.25) is 0 Å². The van der Waals surface area contributed by atoms with Gasteiger partial charge in [-0.2, -0.15) is 0 Å². The molecule has 0 saturated carbocycles. The number of hydrogen-bond donors (Lipinski definition) is 1. The summed E-state index contributed by atoms with van der Waals surface area (Å²) in [6.07, 6.45) is 0. The summed E-state index contributed by atoms with van der Waals surface area (Å²) in [6, 6.07) is 6.21. The molecule has 3 nitrogen and oxygen atoms in total. The Balaban J connectivity index is 2.70. The molecule has 0 unspecified atom stereocenters. The second-order valence-electron chi connectivity index (χ2n) is 5.05. The summed E-state index contributed by atoms with van der Waals surface area (Å²) in [4.78, 5) is 9.19. The first-order valence-corrected chi connectivity index (χ1v) is 7.39. The fraction of sp³-hybridized carbons (Fsp3) is 0.333. The molecule has 1 aromatic carbocycles. The van der Waals surface area contributed by atoms with Crippen LogP contribution in [0, 0.1) is 17.4 Å². The highest BCUT2D eigenvalue weighted by Gasteiger charge is 2.16. The number of halogens is 1. The van der Waals surface area contributed by atoms with Crippen LogP contribution in [0.4, 0.5) is 5.82 Å². The molecule has 0 aliphatic carbocycles. The number of aromatic nitrogens is 2. The zero-order chi connectivity index (χ0) is 14.2. The Hall–Kier alpha value is -1.17. The van der Waals surface area contributed by atoms with Crippen LogP contribution in [0.5, 0.6) is 0 Å². The van der Waals surface area contributed by atoms with Crippen molar-refractivity contribution in [1.29, 1.82) is 0 Å². The quantitative estimate of drug-likeness (QED) is 0.815. The second-order valence-corrected chi connectivity index (χ2v) is 6.13. The standard InChI is InChI=1S/C15H18IN3/c1-8(2)13-12(16)14(17)19-15(18-13)11-9(3)6-5-7-10(11)4/h5-8H,1-4H3,(H2,17,18,19). The Bertz CT molecular complexity index is 601. The lowest BCUT2D eigenvalue weighted by atomic mass is 10.0. The molecule has 100 valence electrons. The molecule has 19 heavy (non-hydrogen) atoms. The van der Waals surface area contributed by atoms with Gasteiger partial charge in [-0.1, -0.05) is 32.0 Å². The minimum atomic E-state index is 0.334. The van der Waals surface area contributed by atoms with E-state index in [2.05, 4.69) is 67.4 Å². The van der Waals surface area contributed by atoms with Gasteiger partial charge in [-0.05, 0) is 53.5 Å². The number of nitrogens with two attached hydrogens (primary N) is 1. The third-order valence-electron chi connectivity index (χ3n) is 3.15. The number of nitrogen functional groups attached to an aromatic ring is 1. The summed E-state index contributed by atoms with van der Waals surface area (Å²) < 4.78 is 0.961. The van der Waals surface area contributed by atoms with Crippen LogP contribution in [0.3, 0.4) is 0 Å². The van der Waals surface area contributed by atoms with Gasteiger partial charge in [-0.3, -0.25) is 0 Å². The van der Waals surface area contributed by atoms with E-state index in [1.54, 1.807) is 0 Å². The van der Waals surface area contributed by atoms with E-state index in [9.17, 15) is 0 Å². The second kappa shape index (κ2) is 5.45. The lowest BCUT2D eigenvalue weighted by Gasteiger charge is -2.14. The van der Waals surface area contributed by atoms with Gasteiger partial charge in [0.1, 0.15) is 5.82 Å². The average molecular weight is 367 g/mol. The third kappa shape index (κ3) is 2.73. The Morgan fingerprint density at radius 2 is 1.68 bits per heavy atom. The molecule has 1 aromatic heterocycles. The molecule has 2 rings (SSSR count). The van der Waals surface area contributed by atoms with Crippen molar-refractivity contribution in [3.63, 3.8) is 0 Å². The van der Waals surface area contributed by atoms with Crippen molar-refractivity contribution in [2.45, 2.75) is 33.6 Å². The van der Waals surface area contributed by atoms with Crippen LogP contribution < -0.4 is 5.73 Å². The summed E-state index contributed by atoms with van der Waals surface area (Å²) in [6.45, 7) is 8.40. The van der Waals surface area contributed by atoms with E-state index in [-0.39, 0.29) is 0 Å². The zero-order valence-corrected chi connectivity index (χ0v) is 13.8. The largest absolute Gasteiger partial charge is 0.383 e. The molecule has 0 fully saturated rings. The van der Waals surface area contributed by atoms with Crippen molar-refractivity contribution in [3.8, 4) is 11.4 Å². The number of rotatable bonds is 2. The van der Waals surface area contributed by atoms with Gasteiger partial charge in [0.2, 0.25) is 0 Å². The van der Waals surface area contributed by atoms with Gasteiger partial charge >= 0.3 is 0 Å². The lowest BCUT2D eigenvalue weighted by molar-refractivity contribution is 0.810. The van der Waals surface area contributed by atoms with E-state index in [0.717, 1.165) is 20.7 Å². The molecule has 0 bridgehead atoms. The summed E-state index contributed by atoms with van der Waals surface area (Å²) >= 11 is 2.22. The maximum absolute atomic E-state index is 6.04. The fourth-order valence-corrected chi connectivity index (χ4v) is 3.01. The van der Waals surface area contributed by atoms with Crippen LogP contribution in [-0.2, 0) is 0 Å². The van der Waals surface area contributed by atoms with Crippen LogP contribution in [0.25, 0.3) is 11.4 Å². The van der Waals surface area contributed by atoms with Gasteiger partial charge in [0.15, 0.2) is 5.82 Å². The molecule has 2 N–H and O–H groups in total. The smallest absolute Gasteiger partial charge is 0.162 e. The Labute approximate surface area is 127 Å². The van der Waals surface area contributed by atoms with Crippen molar-refractivity contribution in [2.24, 2.45) is 0 Å². The maximum Gasteiger partial charge on any atom is 0.162 e. The van der Waals surface area contributed by atoms with Crippen molar-refractivity contribution < 1.29 is 0 Å². The van der Waals surface area contributed by atoms with Gasteiger partial charge in [0, 0.05) is 5.56 Å². The Kier molecular flexibility index (Phi) is 4.08. The molecular weight excluding hydrogens is 349 g/mol. The van der Waals surface area contributed by atoms with E-state index in [4.69, 9.17) is 10.7 Å². The molecular formula is C15H18IN3. The number of aryl methyl sites for hydroxylation is 2. The molecule has 0 spiro atoms. The van der Waals surface area contributed by atoms with Crippen LogP contribution in [0.15, 0.2) is 18.2 Å². The lowest BCUT2D eigenvalue weighted by Crippen LogP contribution is -2.07. The van der Waals surface area contributed by atoms with Gasteiger partial charge in [-0.15, -0.1) is 0 Å². The maximum atomic E-state index is 6.04. The van der Waals surface area contributed by atoms with Crippen LogP contribution in [0.1, 0.15) is 36.6 Å². The molecule has 0 atom stereocenters. The topological polar surface area (TPSA) is 51.8 Å². The monoisotopic (exact) mass is 367 g/mol. The predicted octanol–water partition coefficient (Wildman–Crippen LogP) is 4.07. The van der Waals surface area contributed by atoms with Crippen molar-refractivity contribution in [2.75, 3.05) is 5.73 Å². The first kappa shape index (κ1) is 14.2. The highest BCUT2D eigenvalue weighted by molar-refractivity contribution is 14.1. The van der Waals surface area contributed by atoms with Crippen LogP contribution in [-0.4, -0.2) is 9.97 Å². The summed E-state index contributed by atoms with van der Waals surface area (Å²) in [5, 5.41) is 0. The number of hydrogen-bond acceptors (Lipinski definition) is 3. The van der Waals surface area contributed by atoms with E-state index in [0.29, 0.717) is 11.7 Å². The number of benzene rings is 1. The molecule has 0 saturated heterocycles. The van der Waals surface area contributed by atoms with Gasteiger partial charge < -0.3 is 5.73 Å². The van der Waals surface area contributed by atoms with E-state index < -0.39 is 0 Å². The van der Waals surface area contributed by atoms with Crippen molar-refractivity contribution in [3.05, 3.63) is 38.6 Å². The van der Waals surface area contributed by atoms with E-state index in [1.807, 2.05) is 6.07 Å². The van der Waals surface area contributed by atoms with E-state index >= 15 is 0 Å². The van der Waals surface area contributed by atoms with Gasteiger partial charge in [-0.25, -0.2) is 9.97 Å². The predicted molar refractivity (Wildman–Crippen MR) is 88.2 cm³/mol. The summed E-state index contributed by atoms with van der Waals surface area (Å²) in [7, 11) is 0. The summed E-state index contributed by atoms with van der Waals surface area (Å²) in [5.74, 6) is 1.63. The van der Waals surface area contributed by atoms with Crippen LogP contribution >= 0.6 is 22.6 Å². The van der Waals surface area contributed by atoms with E-state index in [1.165, 1.54) is 11.1 Å². The summed E-state index contributed by atoms with van der Waals surface area (Å²) in [5.41, 5.74) is 10.5. The Morgan fingerprint density at radius 1 is 1.11 bits per heavy atom. The molecule has 1 heterocycles. The average Bonchev–Trinajstić information content (AvgIpc) is 2.32.